The number of carbonyl (C=O) groups is 1. The fraction of sp³-hybridized carbons (Fsp3) is 0. The molecule has 5 nitrogen and oxygen atoms in total. The van der Waals surface area contributed by atoms with Gasteiger partial charge in [-0.25, -0.2) is 5.43 Å². The number of hydrogen-bond donors (Lipinski definition) is 3. The molecule has 0 aliphatic rings. The van der Waals surface area contributed by atoms with E-state index in [9.17, 15) is 15.0 Å². The molecule has 21 heavy (non-hydrogen) atoms. The Morgan fingerprint density at radius 2 is 1.90 bits per heavy atom. The Kier molecular flexibility index (Phi) is 5.39. The van der Waals surface area contributed by atoms with Crippen LogP contribution in [-0.4, -0.2) is 22.3 Å². The standard InChI is InChI=1S/C14H10I2N2O3/c15-9-5-8(13(20)11(16)6-9)7-17-18-14(21)10-3-1-2-4-12(10)19/h1-7,19-20H,(H,18,21)/b17-7-. The molecule has 2 aromatic rings. The zero-order chi connectivity index (χ0) is 15.4. The summed E-state index contributed by atoms with van der Waals surface area (Å²) in [6.07, 6.45) is 1.36. The van der Waals surface area contributed by atoms with Crippen LogP contribution in [0.4, 0.5) is 0 Å². The second kappa shape index (κ2) is 7.07. The Balaban J connectivity index is 2.13. The molecule has 1 amide bonds. The molecular weight excluding hydrogens is 498 g/mol. The third kappa shape index (κ3) is 4.06. The average Bonchev–Trinajstić information content (AvgIpc) is 2.44. The van der Waals surface area contributed by atoms with Gasteiger partial charge in [-0.05, 0) is 69.4 Å². The van der Waals surface area contributed by atoms with E-state index in [1.165, 1.54) is 18.3 Å². The molecule has 0 spiro atoms. The first-order chi connectivity index (χ1) is 9.99. The summed E-state index contributed by atoms with van der Waals surface area (Å²) in [7, 11) is 0. The van der Waals surface area contributed by atoms with E-state index in [2.05, 4.69) is 33.1 Å². The summed E-state index contributed by atoms with van der Waals surface area (Å²) >= 11 is 4.15. The Morgan fingerprint density at radius 3 is 2.62 bits per heavy atom. The van der Waals surface area contributed by atoms with Crippen molar-refractivity contribution in [2.75, 3.05) is 0 Å². The van der Waals surface area contributed by atoms with Crippen LogP contribution < -0.4 is 5.43 Å². The number of benzene rings is 2. The maximum Gasteiger partial charge on any atom is 0.275 e. The second-order valence-corrected chi connectivity index (χ2v) is 6.45. The van der Waals surface area contributed by atoms with Gasteiger partial charge >= 0.3 is 0 Å². The summed E-state index contributed by atoms with van der Waals surface area (Å²) in [5.74, 6) is -0.530. The van der Waals surface area contributed by atoms with E-state index < -0.39 is 5.91 Å². The molecule has 2 aromatic carbocycles. The summed E-state index contributed by atoms with van der Waals surface area (Å²) in [4.78, 5) is 11.8. The van der Waals surface area contributed by atoms with Crippen LogP contribution in [0, 0.1) is 7.14 Å². The zero-order valence-corrected chi connectivity index (χ0v) is 14.9. The minimum Gasteiger partial charge on any atom is -0.507 e. The van der Waals surface area contributed by atoms with Gasteiger partial charge in [0.2, 0.25) is 0 Å². The van der Waals surface area contributed by atoms with E-state index in [4.69, 9.17) is 0 Å². The minimum atomic E-state index is -0.524. The molecule has 0 radical (unpaired) electrons. The number of para-hydroxylation sites is 1. The second-order valence-electron chi connectivity index (χ2n) is 4.04. The molecule has 0 aliphatic carbocycles. The molecule has 3 N–H and O–H groups in total. The molecule has 0 unspecified atom stereocenters. The van der Waals surface area contributed by atoms with Crippen molar-refractivity contribution in [2.45, 2.75) is 0 Å². The smallest absolute Gasteiger partial charge is 0.275 e. The van der Waals surface area contributed by atoms with E-state index in [1.807, 2.05) is 28.7 Å². The van der Waals surface area contributed by atoms with Crippen molar-refractivity contribution in [3.8, 4) is 11.5 Å². The van der Waals surface area contributed by atoms with E-state index in [0.29, 0.717) is 9.13 Å². The Labute approximate surface area is 148 Å². The number of aromatic hydroxyl groups is 2. The monoisotopic (exact) mass is 508 g/mol. The van der Waals surface area contributed by atoms with Crippen LogP contribution in [0.2, 0.25) is 0 Å². The van der Waals surface area contributed by atoms with Gasteiger partial charge in [-0.1, -0.05) is 12.1 Å². The van der Waals surface area contributed by atoms with Crippen molar-refractivity contribution >= 4 is 57.3 Å². The molecule has 0 fully saturated rings. The highest BCUT2D eigenvalue weighted by Gasteiger charge is 2.09. The minimum absolute atomic E-state index is 0.108. The van der Waals surface area contributed by atoms with Gasteiger partial charge in [-0.2, -0.15) is 5.10 Å². The Bertz CT molecular complexity index is 717. The lowest BCUT2D eigenvalue weighted by Gasteiger charge is -2.04. The maximum absolute atomic E-state index is 11.8. The first-order valence-corrected chi connectivity index (χ1v) is 7.94. The van der Waals surface area contributed by atoms with Gasteiger partial charge in [-0.3, -0.25) is 4.79 Å². The third-order valence-corrected chi connectivity index (χ3v) is 4.02. The topological polar surface area (TPSA) is 81.9 Å². The number of amides is 1. The van der Waals surface area contributed by atoms with Crippen LogP contribution in [0.1, 0.15) is 15.9 Å². The summed E-state index contributed by atoms with van der Waals surface area (Å²) < 4.78 is 1.65. The Morgan fingerprint density at radius 1 is 1.19 bits per heavy atom. The quantitative estimate of drug-likeness (QED) is 0.339. The summed E-state index contributed by atoms with van der Waals surface area (Å²) in [6, 6.07) is 9.76. The lowest BCUT2D eigenvalue weighted by Crippen LogP contribution is -2.17. The molecule has 7 heteroatoms. The van der Waals surface area contributed by atoms with Crippen molar-refractivity contribution in [3.05, 3.63) is 54.7 Å². The number of phenolic OH excluding ortho intramolecular Hbond substituents is 2. The van der Waals surface area contributed by atoms with Crippen LogP contribution in [-0.2, 0) is 0 Å². The van der Waals surface area contributed by atoms with Crippen LogP contribution >= 0.6 is 45.2 Å². The summed E-state index contributed by atoms with van der Waals surface area (Å²) in [5.41, 5.74) is 2.95. The molecule has 0 bridgehead atoms. The molecule has 0 atom stereocenters. The van der Waals surface area contributed by atoms with Crippen molar-refractivity contribution < 1.29 is 15.0 Å². The normalized spacial score (nSPS) is 10.8. The fourth-order valence-corrected chi connectivity index (χ4v) is 3.46. The number of hydrogen-bond acceptors (Lipinski definition) is 4. The summed E-state index contributed by atoms with van der Waals surface area (Å²) in [5, 5.41) is 23.3. The highest BCUT2D eigenvalue weighted by atomic mass is 127. The maximum atomic E-state index is 11.8. The van der Waals surface area contributed by atoms with Gasteiger partial charge in [0.15, 0.2) is 0 Å². The predicted molar refractivity (Wildman–Crippen MR) is 96.7 cm³/mol. The van der Waals surface area contributed by atoms with Gasteiger partial charge in [0.1, 0.15) is 11.5 Å². The average molecular weight is 508 g/mol. The van der Waals surface area contributed by atoms with Crippen molar-refractivity contribution in [2.24, 2.45) is 5.10 Å². The van der Waals surface area contributed by atoms with Crippen LogP contribution in [0.3, 0.4) is 0 Å². The van der Waals surface area contributed by atoms with Crippen LogP contribution in [0.25, 0.3) is 0 Å². The van der Waals surface area contributed by atoms with Gasteiger partial charge in [0, 0.05) is 9.13 Å². The van der Waals surface area contributed by atoms with E-state index >= 15 is 0 Å². The van der Waals surface area contributed by atoms with Gasteiger partial charge in [0.05, 0.1) is 15.3 Å². The number of rotatable bonds is 3. The lowest BCUT2D eigenvalue weighted by atomic mass is 10.2. The number of phenols is 2. The van der Waals surface area contributed by atoms with Gasteiger partial charge in [-0.15, -0.1) is 0 Å². The predicted octanol–water partition coefficient (Wildman–Crippen LogP) is 3.07. The number of nitrogens with zero attached hydrogens (tertiary/aromatic N) is 1. The largest absolute Gasteiger partial charge is 0.507 e. The molecular formula is C14H10I2N2O3. The number of halogens is 2. The number of hydrazone groups is 1. The Hall–Kier alpha value is -1.36. The SMILES string of the molecule is O=C(N/N=C\c1cc(I)cc(I)c1O)c1ccccc1O. The van der Waals surface area contributed by atoms with E-state index in [-0.39, 0.29) is 17.1 Å². The lowest BCUT2D eigenvalue weighted by molar-refractivity contribution is 0.0952. The van der Waals surface area contributed by atoms with E-state index in [0.717, 1.165) is 3.57 Å². The molecule has 108 valence electrons. The summed E-state index contributed by atoms with van der Waals surface area (Å²) in [6.45, 7) is 0. The van der Waals surface area contributed by atoms with Gasteiger partial charge in [0.25, 0.3) is 5.91 Å². The molecule has 0 aliphatic heterocycles. The molecule has 0 aromatic heterocycles. The van der Waals surface area contributed by atoms with Crippen LogP contribution in [0.5, 0.6) is 11.5 Å². The first-order valence-electron chi connectivity index (χ1n) is 5.78. The highest BCUT2D eigenvalue weighted by Crippen LogP contribution is 2.25. The molecule has 0 saturated heterocycles. The highest BCUT2D eigenvalue weighted by molar-refractivity contribution is 14.1. The van der Waals surface area contributed by atoms with Crippen molar-refractivity contribution in [1.29, 1.82) is 0 Å². The molecule has 2 rings (SSSR count). The molecule has 0 heterocycles. The number of nitrogens with one attached hydrogen (secondary N) is 1. The van der Waals surface area contributed by atoms with Crippen molar-refractivity contribution in [1.82, 2.24) is 5.43 Å². The van der Waals surface area contributed by atoms with Crippen molar-refractivity contribution in [3.63, 3.8) is 0 Å². The molecule has 0 saturated carbocycles. The van der Waals surface area contributed by atoms with E-state index in [1.54, 1.807) is 18.2 Å². The van der Waals surface area contributed by atoms with Gasteiger partial charge < -0.3 is 10.2 Å². The zero-order valence-electron chi connectivity index (χ0n) is 10.5. The fourth-order valence-electron chi connectivity index (χ4n) is 1.57. The number of carbonyl (C=O) groups excluding carboxylic acids is 1. The third-order valence-electron chi connectivity index (χ3n) is 2.58. The van der Waals surface area contributed by atoms with Crippen LogP contribution in [0.15, 0.2) is 41.5 Å². The first kappa shape index (κ1) is 16.0.